The van der Waals surface area contributed by atoms with Gasteiger partial charge in [0.1, 0.15) is 13.2 Å². The Balaban J connectivity index is 1.63. The highest BCUT2D eigenvalue weighted by atomic mass is 35.5. The van der Waals surface area contributed by atoms with E-state index in [0.717, 1.165) is 22.3 Å². The Morgan fingerprint density at radius 1 is 0.700 bits per heavy atom. The molecule has 5 heteroatoms. The summed E-state index contributed by atoms with van der Waals surface area (Å²) < 4.78 is 12.0. The van der Waals surface area contributed by atoms with E-state index >= 15 is 0 Å². The Morgan fingerprint density at radius 3 is 2.00 bits per heavy atom. The molecular formula is C25H21ClN2O2. The first kappa shape index (κ1) is 19.8. The van der Waals surface area contributed by atoms with Crippen LogP contribution in [0.25, 0.3) is 11.1 Å². The molecule has 0 spiro atoms. The molecule has 4 aromatic rings. The highest BCUT2D eigenvalue weighted by Crippen LogP contribution is 2.36. The van der Waals surface area contributed by atoms with Crippen LogP contribution in [0.15, 0.2) is 91.0 Å². The topological polar surface area (TPSA) is 57.4 Å². The summed E-state index contributed by atoms with van der Waals surface area (Å²) in [5.41, 5.74) is 10.2. The van der Waals surface area contributed by atoms with Gasteiger partial charge in [-0.3, -0.25) is 0 Å². The molecule has 0 radical (unpaired) electrons. The van der Waals surface area contributed by atoms with Crippen LogP contribution in [0.2, 0.25) is 5.02 Å². The van der Waals surface area contributed by atoms with Crippen molar-refractivity contribution in [2.24, 2.45) is 0 Å². The lowest BCUT2D eigenvalue weighted by Crippen LogP contribution is -2.02. The van der Waals surface area contributed by atoms with E-state index in [1.54, 1.807) is 12.1 Å². The van der Waals surface area contributed by atoms with Gasteiger partial charge in [0.15, 0.2) is 0 Å². The van der Waals surface area contributed by atoms with Gasteiger partial charge in [-0.1, -0.05) is 72.3 Å². The van der Waals surface area contributed by atoms with E-state index in [-0.39, 0.29) is 0 Å². The van der Waals surface area contributed by atoms with Crippen LogP contribution in [-0.2, 0) is 13.2 Å². The Labute approximate surface area is 180 Å². The van der Waals surface area contributed by atoms with E-state index in [4.69, 9.17) is 26.8 Å². The zero-order chi connectivity index (χ0) is 20.8. The average molecular weight is 417 g/mol. The molecule has 1 heterocycles. The van der Waals surface area contributed by atoms with Crippen molar-refractivity contribution in [3.8, 4) is 22.9 Å². The molecule has 0 bridgehead atoms. The van der Waals surface area contributed by atoms with Crippen LogP contribution in [0, 0.1) is 0 Å². The highest BCUT2D eigenvalue weighted by Gasteiger charge is 2.14. The van der Waals surface area contributed by atoms with Crippen LogP contribution in [0.4, 0.5) is 5.69 Å². The van der Waals surface area contributed by atoms with Crippen molar-refractivity contribution in [2.45, 2.75) is 13.2 Å². The molecule has 0 saturated heterocycles. The lowest BCUT2D eigenvalue weighted by Gasteiger charge is -2.14. The number of aromatic nitrogens is 1. The van der Waals surface area contributed by atoms with E-state index in [2.05, 4.69) is 4.98 Å². The fourth-order valence-electron chi connectivity index (χ4n) is 3.03. The summed E-state index contributed by atoms with van der Waals surface area (Å²) in [4.78, 5) is 4.61. The van der Waals surface area contributed by atoms with Gasteiger partial charge in [0.2, 0.25) is 11.8 Å². The van der Waals surface area contributed by atoms with Gasteiger partial charge in [0, 0.05) is 27.9 Å². The molecule has 0 amide bonds. The molecule has 0 saturated carbocycles. The van der Waals surface area contributed by atoms with Gasteiger partial charge in [-0.25, -0.2) is 0 Å². The molecule has 0 aliphatic carbocycles. The van der Waals surface area contributed by atoms with Gasteiger partial charge in [0.25, 0.3) is 0 Å². The second kappa shape index (κ2) is 9.33. The van der Waals surface area contributed by atoms with Crippen LogP contribution in [0.3, 0.4) is 0 Å². The predicted molar refractivity (Wildman–Crippen MR) is 121 cm³/mol. The molecule has 1 aromatic heterocycles. The Kier molecular flexibility index (Phi) is 6.16. The van der Waals surface area contributed by atoms with E-state index in [0.29, 0.717) is 35.7 Å². The Hall–Kier alpha value is -3.50. The Morgan fingerprint density at radius 2 is 1.33 bits per heavy atom. The minimum Gasteiger partial charge on any atom is -0.473 e. The number of halogens is 1. The van der Waals surface area contributed by atoms with E-state index < -0.39 is 0 Å². The summed E-state index contributed by atoms with van der Waals surface area (Å²) in [5.74, 6) is 0.919. The predicted octanol–water partition coefficient (Wildman–Crippen LogP) is 6.14. The summed E-state index contributed by atoms with van der Waals surface area (Å²) in [5, 5.41) is 0.577. The van der Waals surface area contributed by atoms with Crippen molar-refractivity contribution in [3.05, 3.63) is 107 Å². The van der Waals surface area contributed by atoms with Gasteiger partial charge in [-0.2, -0.15) is 4.98 Å². The van der Waals surface area contributed by atoms with Crippen molar-refractivity contribution in [2.75, 3.05) is 5.73 Å². The van der Waals surface area contributed by atoms with E-state index in [1.807, 2.05) is 78.9 Å². The van der Waals surface area contributed by atoms with Crippen LogP contribution in [0.1, 0.15) is 11.1 Å². The van der Waals surface area contributed by atoms with Crippen LogP contribution in [-0.4, -0.2) is 4.98 Å². The molecule has 0 aliphatic rings. The molecule has 0 aliphatic heterocycles. The number of hydrogen-bond donors (Lipinski definition) is 1. The molecule has 30 heavy (non-hydrogen) atoms. The monoisotopic (exact) mass is 416 g/mol. The average Bonchev–Trinajstić information content (AvgIpc) is 2.79. The number of pyridine rings is 1. The van der Waals surface area contributed by atoms with Gasteiger partial charge in [0.05, 0.1) is 0 Å². The summed E-state index contributed by atoms with van der Waals surface area (Å²) in [6.07, 6.45) is 0. The number of ether oxygens (including phenoxy) is 2. The molecule has 0 atom stereocenters. The third-order valence-corrected chi connectivity index (χ3v) is 4.89. The van der Waals surface area contributed by atoms with Gasteiger partial charge in [-0.15, -0.1) is 0 Å². The third-order valence-electron chi connectivity index (χ3n) is 4.56. The number of benzene rings is 3. The number of nitrogens with zero attached hydrogens (tertiary/aromatic N) is 1. The quantitative estimate of drug-likeness (QED) is 0.367. The summed E-state index contributed by atoms with van der Waals surface area (Å²) in [7, 11) is 0. The maximum absolute atomic E-state index is 6.43. The van der Waals surface area contributed by atoms with Crippen molar-refractivity contribution >= 4 is 17.3 Å². The zero-order valence-corrected chi connectivity index (χ0v) is 17.0. The number of nitrogens with two attached hydrogens (primary N) is 1. The van der Waals surface area contributed by atoms with Crippen molar-refractivity contribution < 1.29 is 9.47 Å². The first-order valence-corrected chi connectivity index (χ1v) is 9.97. The molecular weight excluding hydrogens is 396 g/mol. The summed E-state index contributed by atoms with van der Waals surface area (Å²) >= 11 is 6.43. The van der Waals surface area contributed by atoms with E-state index in [1.165, 1.54) is 0 Å². The maximum Gasteiger partial charge on any atom is 0.225 e. The number of hydrogen-bond acceptors (Lipinski definition) is 4. The van der Waals surface area contributed by atoms with Crippen molar-refractivity contribution in [1.82, 2.24) is 4.98 Å². The first-order chi connectivity index (χ1) is 14.7. The summed E-state index contributed by atoms with van der Waals surface area (Å²) in [6, 6.07) is 28.9. The SMILES string of the molecule is Nc1ccc(Cl)c(-c2ccc(OCc3ccccc3)nc2OCc2ccccc2)c1. The molecule has 3 aromatic carbocycles. The second-order valence-corrected chi connectivity index (χ2v) is 7.20. The fourth-order valence-corrected chi connectivity index (χ4v) is 3.24. The molecule has 0 unspecified atom stereocenters. The minimum absolute atomic E-state index is 0.378. The lowest BCUT2D eigenvalue weighted by molar-refractivity contribution is 0.268. The maximum atomic E-state index is 6.43. The molecule has 2 N–H and O–H groups in total. The standard InChI is InChI=1S/C25H21ClN2O2/c26-23-13-11-20(27)15-22(23)21-12-14-24(29-16-18-7-3-1-4-8-18)28-25(21)30-17-19-9-5-2-6-10-19/h1-15H,16-17,27H2. The van der Waals surface area contributed by atoms with E-state index in [9.17, 15) is 0 Å². The number of nitrogen functional groups attached to an aromatic ring is 1. The van der Waals surface area contributed by atoms with Gasteiger partial charge >= 0.3 is 0 Å². The first-order valence-electron chi connectivity index (χ1n) is 9.59. The fraction of sp³-hybridized carbons (Fsp3) is 0.0800. The zero-order valence-electron chi connectivity index (χ0n) is 16.3. The smallest absolute Gasteiger partial charge is 0.225 e. The van der Waals surface area contributed by atoms with Gasteiger partial charge < -0.3 is 15.2 Å². The molecule has 0 fully saturated rings. The van der Waals surface area contributed by atoms with Crippen LogP contribution >= 0.6 is 11.6 Å². The molecule has 4 rings (SSSR count). The van der Waals surface area contributed by atoms with Crippen LogP contribution < -0.4 is 15.2 Å². The normalized spacial score (nSPS) is 10.6. The summed E-state index contributed by atoms with van der Waals surface area (Å²) in [6.45, 7) is 0.799. The number of rotatable bonds is 7. The largest absolute Gasteiger partial charge is 0.473 e. The number of anilines is 1. The second-order valence-electron chi connectivity index (χ2n) is 6.79. The Bertz CT molecular complexity index is 1120. The van der Waals surface area contributed by atoms with Crippen molar-refractivity contribution in [1.29, 1.82) is 0 Å². The lowest BCUT2D eigenvalue weighted by atomic mass is 10.1. The minimum atomic E-state index is 0.378. The molecule has 150 valence electrons. The van der Waals surface area contributed by atoms with Crippen LogP contribution in [0.5, 0.6) is 11.8 Å². The highest BCUT2D eigenvalue weighted by molar-refractivity contribution is 6.33. The molecule has 4 nitrogen and oxygen atoms in total. The van der Waals surface area contributed by atoms with Crippen molar-refractivity contribution in [3.63, 3.8) is 0 Å². The van der Waals surface area contributed by atoms with Gasteiger partial charge in [-0.05, 0) is 35.4 Å². The third kappa shape index (κ3) is 4.91.